The Bertz CT molecular complexity index is 251. The van der Waals surface area contributed by atoms with Crippen molar-refractivity contribution < 1.29 is 0 Å². The van der Waals surface area contributed by atoms with Gasteiger partial charge in [-0.2, -0.15) is 0 Å². The fourth-order valence-corrected chi connectivity index (χ4v) is 3.59. The van der Waals surface area contributed by atoms with Crippen molar-refractivity contribution in [3.8, 4) is 0 Å². The van der Waals surface area contributed by atoms with Crippen molar-refractivity contribution >= 4 is 0 Å². The summed E-state index contributed by atoms with van der Waals surface area (Å²) < 4.78 is 0. The van der Waals surface area contributed by atoms with Crippen molar-refractivity contribution in [2.75, 3.05) is 0 Å². The molecule has 0 radical (unpaired) electrons. The molecule has 0 bridgehead atoms. The molecular formula is C30H66. The number of unbranched alkanes of at least 4 members (excludes halogenated alkanes) is 1. The van der Waals surface area contributed by atoms with Gasteiger partial charge in [0.15, 0.2) is 0 Å². The molecule has 2 fully saturated rings. The van der Waals surface area contributed by atoms with E-state index in [0.29, 0.717) is 0 Å². The summed E-state index contributed by atoms with van der Waals surface area (Å²) in [5, 5.41) is 0. The Morgan fingerprint density at radius 2 is 0.833 bits per heavy atom. The van der Waals surface area contributed by atoms with E-state index < -0.39 is 0 Å². The third-order valence-corrected chi connectivity index (χ3v) is 6.54. The molecule has 0 aromatic carbocycles. The average molecular weight is 427 g/mol. The Morgan fingerprint density at radius 1 is 0.500 bits per heavy atom. The van der Waals surface area contributed by atoms with Gasteiger partial charge in [-0.25, -0.2) is 0 Å². The number of hydrogen-bond acceptors (Lipinski definition) is 0. The molecule has 0 heterocycles. The van der Waals surface area contributed by atoms with Crippen LogP contribution in [0.25, 0.3) is 0 Å². The van der Waals surface area contributed by atoms with Crippen molar-refractivity contribution in [2.45, 2.75) is 172 Å². The second kappa shape index (κ2) is 29.0. The van der Waals surface area contributed by atoms with E-state index in [0.717, 1.165) is 23.7 Å². The van der Waals surface area contributed by atoms with E-state index in [-0.39, 0.29) is 0 Å². The van der Waals surface area contributed by atoms with E-state index in [1.54, 1.807) is 0 Å². The van der Waals surface area contributed by atoms with Crippen LogP contribution in [0.1, 0.15) is 172 Å². The van der Waals surface area contributed by atoms with Crippen LogP contribution >= 0.6 is 0 Å². The molecule has 2 aliphatic carbocycles. The van der Waals surface area contributed by atoms with E-state index in [1.165, 1.54) is 103 Å². The molecule has 0 heteroatoms. The van der Waals surface area contributed by atoms with Gasteiger partial charge in [0.1, 0.15) is 0 Å². The van der Waals surface area contributed by atoms with Gasteiger partial charge in [0.2, 0.25) is 0 Å². The first kappa shape index (κ1) is 34.6. The standard InChI is InChI=1S/C8H16.C7H14.C6H14.C5H12.C4H10/c1-2-8-6-4-3-5-7-8;1-2-7-5-3-4-6-7;1-4-5-6(2)3;1-4-5(2)3;1-3-4-2/h8H,2-7H2,1H3;7H,2-6H2,1H3;6H,4-5H2,1-3H3;5H,4H2,1-3H3;3-4H2,1-2H3. The summed E-state index contributed by atoms with van der Waals surface area (Å²) in [5.74, 6) is 3.97. The van der Waals surface area contributed by atoms with Crippen LogP contribution in [0.2, 0.25) is 0 Å². The minimum atomic E-state index is 0.884. The molecule has 2 saturated carbocycles. The summed E-state index contributed by atoms with van der Waals surface area (Å²) in [4.78, 5) is 0. The van der Waals surface area contributed by atoms with Crippen LogP contribution in [-0.4, -0.2) is 0 Å². The predicted octanol–water partition coefficient (Wildman–Crippen LogP) is 11.9. The highest BCUT2D eigenvalue weighted by Crippen LogP contribution is 2.26. The summed E-state index contributed by atoms with van der Waals surface area (Å²) in [5.41, 5.74) is 0. The molecule has 0 unspecified atom stereocenters. The van der Waals surface area contributed by atoms with Gasteiger partial charge in [-0.1, -0.05) is 172 Å². The predicted molar refractivity (Wildman–Crippen MR) is 145 cm³/mol. The van der Waals surface area contributed by atoms with E-state index in [2.05, 4.69) is 69.2 Å². The molecule has 2 rings (SSSR count). The third-order valence-electron chi connectivity index (χ3n) is 6.54. The van der Waals surface area contributed by atoms with Gasteiger partial charge in [-0.15, -0.1) is 0 Å². The van der Waals surface area contributed by atoms with E-state index in [4.69, 9.17) is 0 Å². The molecular weight excluding hydrogens is 360 g/mol. The van der Waals surface area contributed by atoms with Gasteiger partial charge in [0, 0.05) is 0 Å². The van der Waals surface area contributed by atoms with Crippen LogP contribution in [0.3, 0.4) is 0 Å². The van der Waals surface area contributed by atoms with Crippen LogP contribution in [0.4, 0.5) is 0 Å². The van der Waals surface area contributed by atoms with Gasteiger partial charge in [-0.05, 0) is 23.7 Å². The van der Waals surface area contributed by atoms with Gasteiger partial charge in [-0.3, -0.25) is 0 Å². The monoisotopic (exact) mass is 427 g/mol. The maximum absolute atomic E-state index is 2.32. The lowest BCUT2D eigenvalue weighted by Crippen LogP contribution is -2.03. The molecule has 0 amide bonds. The van der Waals surface area contributed by atoms with Crippen molar-refractivity contribution in [1.29, 1.82) is 0 Å². The van der Waals surface area contributed by atoms with Crippen molar-refractivity contribution in [3.63, 3.8) is 0 Å². The second-order valence-electron chi connectivity index (χ2n) is 10.5. The van der Waals surface area contributed by atoms with Crippen LogP contribution in [0, 0.1) is 23.7 Å². The minimum Gasteiger partial charge on any atom is -0.0654 e. The Morgan fingerprint density at radius 3 is 0.967 bits per heavy atom. The summed E-state index contributed by atoms with van der Waals surface area (Å²) in [6.45, 7) is 22.4. The SMILES string of the molecule is CCC(C)C.CCC1CCCC1.CCC1CCCCC1.CCCC.CCCC(C)C. The third kappa shape index (κ3) is 32.7. The maximum Gasteiger partial charge on any atom is -0.0417 e. The summed E-state index contributed by atoms with van der Waals surface area (Å²) in [6.07, 6.45) is 23.0. The molecule has 0 spiro atoms. The normalized spacial score (nSPS) is 16.4. The van der Waals surface area contributed by atoms with Crippen LogP contribution in [0.5, 0.6) is 0 Å². The molecule has 0 aromatic rings. The average Bonchev–Trinajstić information content (AvgIpc) is 3.30. The van der Waals surface area contributed by atoms with Gasteiger partial charge < -0.3 is 0 Å². The molecule has 0 saturated heterocycles. The van der Waals surface area contributed by atoms with Crippen molar-refractivity contribution in [3.05, 3.63) is 0 Å². The zero-order valence-corrected chi connectivity index (χ0v) is 23.6. The zero-order valence-electron chi connectivity index (χ0n) is 23.6. The lowest BCUT2D eigenvalue weighted by atomic mass is 9.88. The van der Waals surface area contributed by atoms with E-state index in [1.807, 2.05) is 0 Å². The molecule has 0 aromatic heterocycles. The van der Waals surface area contributed by atoms with Gasteiger partial charge in [0.05, 0.1) is 0 Å². The molecule has 186 valence electrons. The zero-order chi connectivity index (χ0) is 23.6. The molecule has 0 nitrogen and oxygen atoms in total. The highest BCUT2D eigenvalue weighted by atomic mass is 14.2. The summed E-state index contributed by atoms with van der Waals surface area (Å²) in [6, 6.07) is 0. The minimum absolute atomic E-state index is 0.884. The number of hydrogen-bond donors (Lipinski definition) is 0. The van der Waals surface area contributed by atoms with Crippen LogP contribution in [-0.2, 0) is 0 Å². The fraction of sp³-hybridized carbons (Fsp3) is 1.00. The van der Waals surface area contributed by atoms with Crippen molar-refractivity contribution in [2.24, 2.45) is 23.7 Å². The topological polar surface area (TPSA) is 0 Å². The lowest BCUT2D eigenvalue weighted by Gasteiger charge is -2.18. The Balaban J connectivity index is -0.000000311. The van der Waals surface area contributed by atoms with Crippen LogP contribution in [0.15, 0.2) is 0 Å². The summed E-state index contributed by atoms with van der Waals surface area (Å²) in [7, 11) is 0. The second-order valence-corrected chi connectivity index (χ2v) is 10.5. The molecule has 0 atom stereocenters. The Hall–Kier alpha value is 0. The Kier molecular flexibility index (Phi) is 33.5. The quantitative estimate of drug-likeness (QED) is 0.396. The molecule has 0 N–H and O–H groups in total. The fourth-order valence-electron chi connectivity index (χ4n) is 3.59. The Labute approximate surface area is 195 Å². The highest BCUT2D eigenvalue weighted by Gasteiger charge is 2.11. The highest BCUT2D eigenvalue weighted by molar-refractivity contribution is 4.64. The van der Waals surface area contributed by atoms with E-state index in [9.17, 15) is 0 Å². The smallest absolute Gasteiger partial charge is 0.0417 e. The molecule has 2 aliphatic rings. The first-order valence-corrected chi connectivity index (χ1v) is 14.3. The number of rotatable bonds is 6. The maximum atomic E-state index is 2.32. The first-order valence-electron chi connectivity index (χ1n) is 14.3. The first-order chi connectivity index (χ1) is 14.3. The van der Waals surface area contributed by atoms with Gasteiger partial charge in [0.25, 0.3) is 0 Å². The molecule has 30 heavy (non-hydrogen) atoms. The lowest BCUT2D eigenvalue weighted by molar-refractivity contribution is 0.349. The van der Waals surface area contributed by atoms with E-state index >= 15 is 0 Å². The molecule has 0 aliphatic heterocycles. The van der Waals surface area contributed by atoms with Crippen LogP contribution < -0.4 is 0 Å². The summed E-state index contributed by atoms with van der Waals surface area (Å²) >= 11 is 0. The van der Waals surface area contributed by atoms with Gasteiger partial charge >= 0.3 is 0 Å². The van der Waals surface area contributed by atoms with Crippen molar-refractivity contribution in [1.82, 2.24) is 0 Å². The largest absolute Gasteiger partial charge is 0.0654 e.